The molecule has 0 unspecified atom stereocenters. The van der Waals surface area contributed by atoms with Crippen molar-refractivity contribution in [3.63, 3.8) is 0 Å². The van der Waals surface area contributed by atoms with Crippen LogP contribution in [0.1, 0.15) is 25.7 Å². The maximum atomic E-state index is 9.26. The van der Waals surface area contributed by atoms with E-state index in [0.29, 0.717) is 36.9 Å². The average Bonchev–Trinajstić information content (AvgIpc) is 2.79. The number of ether oxygens (including phenoxy) is 2. The molecular weight excluding hydrogens is 368 g/mol. The number of aromatic nitrogens is 2. The Morgan fingerprint density at radius 1 is 1.03 bits per heavy atom. The van der Waals surface area contributed by atoms with E-state index in [1.807, 2.05) is 12.1 Å². The third-order valence-corrected chi connectivity index (χ3v) is 5.82. The highest BCUT2D eigenvalue weighted by Gasteiger charge is 2.21. The smallest absolute Gasteiger partial charge is 0.230 e. The van der Waals surface area contributed by atoms with Crippen LogP contribution >= 0.6 is 0 Å². The lowest BCUT2D eigenvalue weighted by Gasteiger charge is -2.28. The van der Waals surface area contributed by atoms with Gasteiger partial charge in [0.15, 0.2) is 0 Å². The number of aliphatic hydroxyl groups excluding tert-OH is 1. The monoisotopic (exact) mass is 398 g/mol. The normalized spacial score (nSPS) is 22.3. The van der Waals surface area contributed by atoms with E-state index in [1.165, 1.54) is 5.69 Å². The first-order valence-electron chi connectivity index (χ1n) is 10.6. The summed E-state index contributed by atoms with van der Waals surface area (Å²) in [4.78, 5) is 11.1. The van der Waals surface area contributed by atoms with Crippen molar-refractivity contribution in [3.05, 3.63) is 36.5 Å². The van der Waals surface area contributed by atoms with Gasteiger partial charge in [-0.1, -0.05) is 0 Å². The Bertz CT molecular complexity index is 757. The fourth-order valence-corrected chi connectivity index (χ4v) is 3.97. The van der Waals surface area contributed by atoms with Gasteiger partial charge >= 0.3 is 0 Å². The van der Waals surface area contributed by atoms with Gasteiger partial charge in [-0.15, -0.1) is 0 Å². The standard InChI is InChI=1S/C22H30N4O3/c27-15-17-1-3-18(4-2-17)16-29-21-9-10-23-22(25-21)24-19-5-7-20(8-6-19)26-11-13-28-14-12-26/h5-10,17-18,27H,1-4,11-16H2,(H,23,24,25). The number of anilines is 3. The minimum Gasteiger partial charge on any atom is -0.477 e. The Hall–Kier alpha value is -2.38. The molecule has 2 aromatic rings. The molecular formula is C22H30N4O3. The van der Waals surface area contributed by atoms with Crippen LogP contribution in [0, 0.1) is 11.8 Å². The molecule has 0 bridgehead atoms. The summed E-state index contributed by atoms with van der Waals surface area (Å²) in [6, 6.07) is 10.1. The van der Waals surface area contributed by atoms with E-state index in [0.717, 1.165) is 57.7 Å². The Kier molecular flexibility index (Phi) is 6.79. The molecule has 29 heavy (non-hydrogen) atoms. The fourth-order valence-electron chi connectivity index (χ4n) is 3.97. The third kappa shape index (κ3) is 5.58. The van der Waals surface area contributed by atoms with Crippen molar-refractivity contribution in [3.8, 4) is 5.88 Å². The highest BCUT2D eigenvalue weighted by Crippen LogP contribution is 2.29. The third-order valence-electron chi connectivity index (χ3n) is 5.82. The first-order chi connectivity index (χ1) is 14.3. The van der Waals surface area contributed by atoms with Crippen molar-refractivity contribution in [1.82, 2.24) is 9.97 Å². The summed E-state index contributed by atoms with van der Waals surface area (Å²) in [6.45, 7) is 4.39. The van der Waals surface area contributed by atoms with Gasteiger partial charge in [0, 0.05) is 43.3 Å². The molecule has 1 saturated carbocycles. The molecule has 1 aliphatic heterocycles. The summed E-state index contributed by atoms with van der Waals surface area (Å²) >= 11 is 0. The molecule has 7 heteroatoms. The summed E-state index contributed by atoms with van der Waals surface area (Å²) in [5.41, 5.74) is 2.15. The van der Waals surface area contributed by atoms with Gasteiger partial charge < -0.3 is 24.8 Å². The van der Waals surface area contributed by atoms with Gasteiger partial charge in [-0.05, 0) is 61.8 Å². The molecule has 2 heterocycles. The van der Waals surface area contributed by atoms with E-state index in [9.17, 15) is 5.11 Å². The van der Waals surface area contributed by atoms with Crippen molar-refractivity contribution in [2.24, 2.45) is 11.8 Å². The molecule has 0 spiro atoms. The van der Waals surface area contributed by atoms with Gasteiger partial charge in [-0.3, -0.25) is 0 Å². The number of rotatable bonds is 7. The number of morpholine rings is 1. The average molecular weight is 399 g/mol. The van der Waals surface area contributed by atoms with Crippen LogP contribution in [0.25, 0.3) is 0 Å². The first-order valence-corrected chi connectivity index (χ1v) is 10.6. The number of nitrogens with one attached hydrogen (secondary N) is 1. The van der Waals surface area contributed by atoms with Crippen LogP contribution in [0.4, 0.5) is 17.3 Å². The van der Waals surface area contributed by atoms with E-state index in [-0.39, 0.29) is 0 Å². The van der Waals surface area contributed by atoms with Crippen molar-refractivity contribution in [2.75, 3.05) is 49.7 Å². The zero-order chi connectivity index (χ0) is 19.9. The molecule has 7 nitrogen and oxygen atoms in total. The van der Waals surface area contributed by atoms with Crippen LogP contribution in [0.15, 0.2) is 36.5 Å². The lowest BCUT2D eigenvalue weighted by Crippen LogP contribution is -2.36. The Labute approximate surface area is 172 Å². The molecule has 156 valence electrons. The van der Waals surface area contributed by atoms with E-state index in [1.54, 1.807) is 12.3 Å². The van der Waals surface area contributed by atoms with Crippen LogP contribution in [0.2, 0.25) is 0 Å². The number of hydrogen-bond acceptors (Lipinski definition) is 7. The van der Waals surface area contributed by atoms with Crippen LogP contribution < -0.4 is 15.0 Å². The summed E-state index contributed by atoms with van der Waals surface area (Å²) in [5, 5.41) is 12.5. The van der Waals surface area contributed by atoms with E-state index < -0.39 is 0 Å². The van der Waals surface area contributed by atoms with Crippen LogP contribution in [0.3, 0.4) is 0 Å². The molecule has 4 rings (SSSR count). The topological polar surface area (TPSA) is 79.7 Å². The Morgan fingerprint density at radius 3 is 2.48 bits per heavy atom. The van der Waals surface area contributed by atoms with Gasteiger partial charge in [0.05, 0.1) is 19.8 Å². The molecule has 1 saturated heterocycles. The molecule has 2 aliphatic rings. The second-order valence-corrected chi connectivity index (χ2v) is 7.87. The fraction of sp³-hybridized carbons (Fsp3) is 0.545. The Morgan fingerprint density at radius 2 is 1.76 bits per heavy atom. The van der Waals surface area contributed by atoms with Gasteiger partial charge in [0.1, 0.15) is 0 Å². The second kappa shape index (κ2) is 9.89. The quantitative estimate of drug-likeness (QED) is 0.741. The molecule has 2 fully saturated rings. The van der Waals surface area contributed by atoms with Crippen molar-refractivity contribution >= 4 is 17.3 Å². The highest BCUT2D eigenvalue weighted by atomic mass is 16.5. The van der Waals surface area contributed by atoms with Crippen molar-refractivity contribution in [1.29, 1.82) is 0 Å². The highest BCUT2D eigenvalue weighted by molar-refractivity contribution is 5.59. The molecule has 0 amide bonds. The summed E-state index contributed by atoms with van der Waals surface area (Å²) in [7, 11) is 0. The maximum Gasteiger partial charge on any atom is 0.230 e. The van der Waals surface area contributed by atoms with Crippen LogP contribution in [-0.4, -0.2) is 54.6 Å². The summed E-state index contributed by atoms with van der Waals surface area (Å²) < 4.78 is 11.3. The molecule has 1 aliphatic carbocycles. The molecule has 1 aromatic heterocycles. The predicted molar refractivity (Wildman–Crippen MR) is 113 cm³/mol. The number of aliphatic hydroxyl groups is 1. The van der Waals surface area contributed by atoms with Crippen molar-refractivity contribution in [2.45, 2.75) is 25.7 Å². The van der Waals surface area contributed by atoms with E-state index in [2.05, 4.69) is 32.3 Å². The zero-order valence-corrected chi connectivity index (χ0v) is 16.8. The van der Waals surface area contributed by atoms with Crippen LogP contribution in [0.5, 0.6) is 5.88 Å². The first kappa shape index (κ1) is 19.9. The SMILES string of the molecule is OCC1CCC(COc2ccnc(Nc3ccc(N4CCOCC4)cc3)n2)CC1. The summed E-state index contributed by atoms with van der Waals surface area (Å²) in [5.74, 6) is 2.13. The molecule has 0 radical (unpaired) electrons. The Balaban J connectivity index is 1.29. The van der Waals surface area contributed by atoms with E-state index >= 15 is 0 Å². The molecule has 0 atom stereocenters. The molecule has 2 N–H and O–H groups in total. The van der Waals surface area contributed by atoms with Gasteiger partial charge in [-0.25, -0.2) is 4.98 Å². The van der Waals surface area contributed by atoms with Gasteiger partial charge in [-0.2, -0.15) is 4.98 Å². The molecule has 1 aromatic carbocycles. The second-order valence-electron chi connectivity index (χ2n) is 7.87. The minimum absolute atomic E-state index is 0.307. The number of nitrogens with zero attached hydrogens (tertiary/aromatic N) is 3. The van der Waals surface area contributed by atoms with Gasteiger partial charge in [0.2, 0.25) is 11.8 Å². The maximum absolute atomic E-state index is 9.26. The predicted octanol–water partition coefficient (Wildman–Crippen LogP) is 3.23. The zero-order valence-electron chi connectivity index (χ0n) is 16.8. The number of benzene rings is 1. The largest absolute Gasteiger partial charge is 0.477 e. The lowest BCUT2D eigenvalue weighted by atomic mass is 9.83. The van der Waals surface area contributed by atoms with Gasteiger partial charge in [0.25, 0.3) is 0 Å². The lowest BCUT2D eigenvalue weighted by molar-refractivity contribution is 0.122. The van der Waals surface area contributed by atoms with Crippen molar-refractivity contribution < 1.29 is 14.6 Å². The minimum atomic E-state index is 0.307. The van der Waals surface area contributed by atoms with Crippen LogP contribution in [-0.2, 0) is 4.74 Å². The summed E-state index contributed by atoms with van der Waals surface area (Å²) in [6.07, 6.45) is 6.10. The van der Waals surface area contributed by atoms with E-state index in [4.69, 9.17) is 9.47 Å². The number of hydrogen-bond donors (Lipinski definition) is 2.